The van der Waals surface area contributed by atoms with E-state index in [0.29, 0.717) is 6.04 Å². The van der Waals surface area contributed by atoms with Gasteiger partial charge in [0.05, 0.1) is 24.3 Å². The van der Waals surface area contributed by atoms with Crippen molar-refractivity contribution in [2.45, 2.75) is 70.5 Å². The van der Waals surface area contributed by atoms with Gasteiger partial charge in [0.25, 0.3) is 5.92 Å². The van der Waals surface area contributed by atoms with Gasteiger partial charge in [-0.3, -0.25) is 9.48 Å². The summed E-state index contributed by atoms with van der Waals surface area (Å²) in [4.78, 5) is 13.4. The molecule has 7 heteroatoms. The highest BCUT2D eigenvalue weighted by Crippen LogP contribution is 2.31. The van der Waals surface area contributed by atoms with Crippen LogP contribution in [-0.2, 0) is 11.3 Å². The number of aromatic nitrogens is 2. The smallest absolute Gasteiger partial charge is 0.265 e. The van der Waals surface area contributed by atoms with Crippen molar-refractivity contribution in [2.24, 2.45) is 0 Å². The highest BCUT2D eigenvalue weighted by molar-refractivity contribution is 6.27. The third kappa shape index (κ3) is 4.22. The van der Waals surface area contributed by atoms with Gasteiger partial charge in [-0.25, -0.2) is 8.78 Å². The maximum Gasteiger partial charge on any atom is 0.265 e. The Kier molecular flexibility index (Phi) is 6.00. The minimum absolute atomic E-state index is 0.115. The second-order valence-corrected chi connectivity index (χ2v) is 6.51. The molecular weight excluding hydrogens is 324 g/mol. The molecule has 1 saturated carbocycles. The third-order valence-electron chi connectivity index (χ3n) is 4.54. The number of nitrogens with zero attached hydrogens (tertiary/aromatic N) is 3. The summed E-state index contributed by atoms with van der Waals surface area (Å²) in [5.74, 6) is -3.75. The van der Waals surface area contributed by atoms with Crippen LogP contribution in [0.2, 0.25) is 0 Å². The first-order chi connectivity index (χ1) is 10.9. The summed E-state index contributed by atoms with van der Waals surface area (Å²) in [6, 6.07) is 0.934. The van der Waals surface area contributed by atoms with Gasteiger partial charge < -0.3 is 4.90 Å². The quantitative estimate of drug-likeness (QED) is 0.699. The van der Waals surface area contributed by atoms with E-state index in [9.17, 15) is 13.6 Å². The molecule has 2 rings (SSSR count). The Hall–Kier alpha value is -1.17. The van der Waals surface area contributed by atoms with Crippen LogP contribution in [0, 0.1) is 0 Å². The molecule has 1 fully saturated rings. The van der Waals surface area contributed by atoms with Gasteiger partial charge >= 0.3 is 0 Å². The van der Waals surface area contributed by atoms with Gasteiger partial charge in [0.1, 0.15) is 5.88 Å². The number of halogens is 3. The van der Waals surface area contributed by atoms with Crippen LogP contribution >= 0.6 is 11.6 Å². The van der Waals surface area contributed by atoms with E-state index in [4.69, 9.17) is 11.6 Å². The molecule has 1 aromatic rings. The number of rotatable bonds is 7. The van der Waals surface area contributed by atoms with E-state index in [1.807, 2.05) is 4.68 Å². The average molecular weight is 348 g/mol. The second-order valence-electron chi connectivity index (χ2n) is 6.24. The topological polar surface area (TPSA) is 38.1 Å². The Morgan fingerprint density at radius 1 is 1.52 bits per heavy atom. The monoisotopic (exact) mass is 347 g/mol. The number of alkyl halides is 3. The lowest BCUT2D eigenvalue weighted by atomic mass is 10.1. The largest absolute Gasteiger partial charge is 0.327 e. The number of hydrogen-bond donors (Lipinski definition) is 0. The van der Waals surface area contributed by atoms with Crippen molar-refractivity contribution in [1.29, 1.82) is 0 Å². The van der Waals surface area contributed by atoms with E-state index >= 15 is 0 Å². The normalized spacial score (nSPS) is 17.4. The highest BCUT2D eigenvalue weighted by atomic mass is 35.5. The molecule has 0 N–H and O–H groups in total. The Morgan fingerprint density at radius 2 is 2.17 bits per heavy atom. The maximum atomic E-state index is 13.9. The number of amides is 1. The fraction of sp³-hybridized carbons (Fsp3) is 0.750. The molecule has 0 aromatic carbocycles. The zero-order valence-corrected chi connectivity index (χ0v) is 14.4. The molecule has 1 amide bonds. The van der Waals surface area contributed by atoms with E-state index in [1.165, 1.54) is 4.90 Å². The highest BCUT2D eigenvalue weighted by Gasteiger charge is 2.39. The molecule has 1 heterocycles. The lowest BCUT2D eigenvalue weighted by molar-refractivity contribution is -0.142. The molecule has 1 atom stereocenters. The van der Waals surface area contributed by atoms with Crippen LogP contribution in [0.1, 0.15) is 57.7 Å². The molecule has 130 valence electrons. The molecule has 0 aliphatic heterocycles. The van der Waals surface area contributed by atoms with Crippen LogP contribution in [0.4, 0.5) is 8.78 Å². The predicted octanol–water partition coefficient (Wildman–Crippen LogP) is 4.00. The number of hydrogen-bond acceptors (Lipinski definition) is 2. The van der Waals surface area contributed by atoms with Gasteiger partial charge in [-0.2, -0.15) is 5.10 Å². The molecule has 0 radical (unpaired) electrons. The molecule has 1 aliphatic rings. The molecule has 0 spiro atoms. The molecule has 0 bridgehead atoms. The second kappa shape index (κ2) is 7.60. The Labute approximate surface area is 140 Å². The Bertz CT molecular complexity index is 524. The van der Waals surface area contributed by atoms with E-state index in [0.717, 1.165) is 38.3 Å². The van der Waals surface area contributed by atoms with Crippen molar-refractivity contribution in [3.63, 3.8) is 0 Å². The molecule has 0 saturated heterocycles. The molecule has 1 aliphatic carbocycles. The van der Waals surface area contributed by atoms with Crippen LogP contribution in [0.5, 0.6) is 0 Å². The van der Waals surface area contributed by atoms with E-state index in [1.54, 1.807) is 19.2 Å². The third-order valence-corrected chi connectivity index (χ3v) is 4.77. The minimum atomic E-state index is -2.98. The average Bonchev–Trinajstić information content (AvgIpc) is 3.15. The van der Waals surface area contributed by atoms with Crippen LogP contribution in [-0.4, -0.2) is 38.4 Å². The molecular formula is C16H24ClF2N3O. The summed E-state index contributed by atoms with van der Waals surface area (Å²) < 4.78 is 29.7. The van der Waals surface area contributed by atoms with E-state index in [-0.39, 0.29) is 18.8 Å². The van der Waals surface area contributed by atoms with Gasteiger partial charge in [-0.15, -0.1) is 11.6 Å². The lowest BCUT2D eigenvalue weighted by Crippen LogP contribution is -2.49. The standard InChI is InChI=1S/C16H24ClF2N3O/c1-3-14(16(2,18)19)21(15(23)10-17)11-13-8-9-20-22(13)12-6-4-5-7-12/h8-9,12,14H,3-7,10-11H2,1-2H3. The summed E-state index contributed by atoms with van der Waals surface area (Å²) in [5, 5.41) is 4.34. The molecule has 1 unspecified atom stereocenters. The summed E-state index contributed by atoms with van der Waals surface area (Å²) in [6.45, 7) is 2.62. The lowest BCUT2D eigenvalue weighted by Gasteiger charge is -2.34. The maximum absolute atomic E-state index is 13.9. The zero-order chi connectivity index (χ0) is 17.0. The Balaban J connectivity index is 2.25. The van der Waals surface area contributed by atoms with Crippen molar-refractivity contribution in [2.75, 3.05) is 5.88 Å². The van der Waals surface area contributed by atoms with Crippen molar-refractivity contribution < 1.29 is 13.6 Å². The number of carbonyl (C=O) groups excluding carboxylic acids is 1. The zero-order valence-electron chi connectivity index (χ0n) is 13.6. The fourth-order valence-electron chi connectivity index (χ4n) is 3.42. The summed E-state index contributed by atoms with van der Waals surface area (Å²) >= 11 is 5.65. The summed E-state index contributed by atoms with van der Waals surface area (Å²) in [5.41, 5.74) is 0.790. The van der Waals surface area contributed by atoms with Crippen molar-refractivity contribution in [3.8, 4) is 0 Å². The minimum Gasteiger partial charge on any atom is -0.327 e. The van der Waals surface area contributed by atoms with Crippen LogP contribution in [0.3, 0.4) is 0 Å². The van der Waals surface area contributed by atoms with Gasteiger partial charge in [0.15, 0.2) is 0 Å². The first kappa shape index (κ1) is 18.2. The van der Waals surface area contributed by atoms with Crippen LogP contribution in [0.15, 0.2) is 12.3 Å². The van der Waals surface area contributed by atoms with Crippen molar-refractivity contribution in [3.05, 3.63) is 18.0 Å². The SMILES string of the molecule is CCC(N(Cc1ccnn1C1CCCC1)C(=O)CCl)C(C)(F)F. The fourth-order valence-corrected chi connectivity index (χ4v) is 3.57. The first-order valence-corrected chi connectivity index (χ1v) is 8.67. The molecule has 23 heavy (non-hydrogen) atoms. The molecule has 1 aromatic heterocycles. The van der Waals surface area contributed by atoms with Crippen molar-refractivity contribution >= 4 is 17.5 Å². The molecule has 4 nitrogen and oxygen atoms in total. The Morgan fingerprint density at radius 3 is 2.70 bits per heavy atom. The summed E-state index contributed by atoms with van der Waals surface area (Å²) in [7, 11) is 0. The van der Waals surface area contributed by atoms with E-state index < -0.39 is 17.9 Å². The van der Waals surface area contributed by atoms with Gasteiger partial charge in [-0.1, -0.05) is 19.8 Å². The van der Waals surface area contributed by atoms with Gasteiger partial charge in [0.2, 0.25) is 5.91 Å². The van der Waals surface area contributed by atoms with Crippen LogP contribution in [0.25, 0.3) is 0 Å². The number of carbonyl (C=O) groups is 1. The summed E-state index contributed by atoms with van der Waals surface area (Å²) in [6.07, 6.45) is 6.22. The van der Waals surface area contributed by atoms with Gasteiger partial charge in [-0.05, 0) is 25.3 Å². The van der Waals surface area contributed by atoms with Crippen LogP contribution < -0.4 is 0 Å². The van der Waals surface area contributed by atoms with Gasteiger partial charge in [0, 0.05) is 13.1 Å². The first-order valence-electron chi connectivity index (χ1n) is 8.14. The predicted molar refractivity (Wildman–Crippen MR) is 85.7 cm³/mol. The van der Waals surface area contributed by atoms with Crippen molar-refractivity contribution in [1.82, 2.24) is 14.7 Å². The van der Waals surface area contributed by atoms with E-state index in [2.05, 4.69) is 5.10 Å².